The number of aliphatic hydroxyl groups is 1. The van der Waals surface area contributed by atoms with Gasteiger partial charge < -0.3 is 25.2 Å². The van der Waals surface area contributed by atoms with E-state index in [4.69, 9.17) is 4.74 Å². The lowest BCUT2D eigenvalue weighted by Crippen LogP contribution is -2.28. The summed E-state index contributed by atoms with van der Waals surface area (Å²) in [5, 5.41) is 38.8. The average molecular weight is 443 g/mol. The van der Waals surface area contributed by atoms with Gasteiger partial charge >= 0.3 is 11.9 Å². The Morgan fingerprint density at radius 2 is 1.66 bits per heavy atom. The van der Waals surface area contributed by atoms with Gasteiger partial charge in [-0.25, -0.2) is 9.59 Å². The number of benzene rings is 1. The van der Waals surface area contributed by atoms with Crippen LogP contribution in [-0.2, 0) is 20.7 Å². The third kappa shape index (κ3) is 6.15. The Labute approximate surface area is 187 Å². The monoisotopic (exact) mass is 442 g/mol. The number of phenolic OH excluding ortho intramolecular Hbond substituents is 2. The van der Waals surface area contributed by atoms with E-state index in [1.54, 1.807) is 12.2 Å². The molecular weight excluding hydrogens is 412 g/mol. The number of aromatic hydroxyl groups is 2. The summed E-state index contributed by atoms with van der Waals surface area (Å²) in [6, 6.07) is 3.94. The second kappa shape index (κ2) is 10.9. The molecule has 0 saturated heterocycles. The number of carbonyl (C=O) groups is 2. The molecule has 1 fully saturated rings. The number of carbonyl (C=O) groups excluding carboxylic acids is 1. The van der Waals surface area contributed by atoms with Gasteiger partial charge in [-0.3, -0.25) is 0 Å². The number of phenols is 2. The largest absolute Gasteiger partial charge is 0.512 e. The third-order valence-electron chi connectivity index (χ3n) is 6.18. The van der Waals surface area contributed by atoms with Gasteiger partial charge in [-0.15, -0.1) is 0 Å². The normalized spacial score (nSPS) is 22.5. The zero-order chi connectivity index (χ0) is 23.1. The fourth-order valence-corrected chi connectivity index (χ4v) is 4.46. The number of carboxylic acid groups (broad SMARTS) is 1. The summed E-state index contributed by atoms with van der Waals surface area (Å²) in [7, 11) is 0. The zero-order valence-corrected chi connectivity index (χ0v) is 17.9. The van der Waals surface area contributed by atoms with Crippen LogP contribution in [0.15, 0.2) is 53.8 Å². The summed E-state index contributed by atoms with van der Waals surface area (Å²) in [5.41, 5.74) is 1.34. The molecule has 172 valence electrons. The van der Waals surface area contributed by atoms with E-state index in [2.05, 4.69) is 0 Å². The number of fused-ring (bicyclic) bond motifs is 1. The summed E-state index contributed by atoms with van der Waals surface area (Å²) >= 11 is 0. The maximum Gasteiger partial charge on any atom is 0.345 e. The molecule has 3 rings (SSSR count). The van der Waals surface area contributed by atoms with E-state index in [1.807, 2.05) is 6.08 Å². The first kappa shape index (κ1) is 23.4. The highest BCUT2D eigenvalue weighted by atomic mass is 16.6. The molecule has 0 radical (unpaired) electrons. The Bertz CT molecular complexity index is 928. The van der Waals surface area contributed by atoms with E-state index in [-0.39, 0.29) is 29.8 Å². The van der Waals surface area contributed by atoms with Crippen molar-refractivity contribution in [1.82, 2.24) is 0 Å². The van der Waals surface area contributed by atoms with Crippen molar-refractivity contribution in [2.75, 3.05) is 0 Å². The molecule has 1 aromatic carbocycles. The molecule has 2 aliphatic carbocycles. The Morgan fingerprint density at radius 3 is 2.34 bits per heavy atom. The van der Waals surface area contributed by atoms with Crippen molar-refractivity contribution in [2.24, 2.45) is 11.8 Å². The first-order valence-electron chi connectivity index (χ1n) is 11.1. The highest BCUT2D eigenvalue weighted by Crippen LogP contribution is 2.39. The van der Waals surface area contributed by atoms with Gasteiger partial charge in [0.2, 0.25) is 6.10 Å². The van der Waals surface area contributed by atoms with Crippen LogP contribution in [0.1, 0.15) is 50.5 Å². The van der Waals surface area contributed by atoms with Gasteiger partial charge in [-0.1, -0.05) is 50.3 Å². The minimum atomic E-state index is -1.43. The second-order valence-corrected chi connectivity index (χ2v) is 8.44. The number of ether oxygens (including phenoxy) is 1. The van der Waals surface area contributed by atoms with Gasteiger partial charge in [-0.05, 0) is 48.1 Å². The van der Waals surface area contributed by atoms with Crippen molar-refractivity contribution in [3.05, 3.63) is 59.4 Å². The molecule has 2 aliphatic rings. The quantitative estimate of drug-likeness (QED) is 0.289. The fraction of sp³-hybridized carbons (Fsp3) is 0.440. The topological polar surface area (TPSA) is 124 Å². The highest BCUT2D eigenvalue weighted by molar-refractivity contribution is 5.85. The minimum Gasteiger partial charge on any atom is -0.512 e. The lowest BCUT2D eigenvalue weighted by atomic mass is 9.76. The molecule has 0 spiro atoms. The number of rotatable bonds is 6. The number of esters is 1. The van der Waals surface area contributed by atoms with Crippen molar-refractivity contribution in [3.8, 4) is 11.5 Å². The van der Waals surface area contributed by atoms with Crippen LogP contribution in [0.4, 0.5) is 0 Å². The number of carboxylic acids is 1. The predicted octanol–water partition coefficient (Wildman–Crippen LogP) is 4.55. The molecule has 0 bridgehead atoms. The summed E-state index contributed by atoms with van der Waals surface area (Å²) in [5.74, 6) is -2.22. The van der Waals surface area contributed by atoms with E-state index in [0.29, 0.717) is 11.3 Å². The molecule has 0 amide bonds. The molecule has 3 atom stereocenters. The van der Waals surface area contributed by atoms with Crippen molar-refractivity contribution < 1.29 is 34.8 Å². The van der Waals surface area contributed by atoms with Crippen molar-refractivity contribution in [3.63, 3.8) is 0 Å². The smallest absolute Gasteiger partial charge is 0.345 e. The van der Waals surface area contributed by atoms with Crippen molar-refractivity contribution in [2.45, 2.75) is 57.5 Å². The fourth-order valence-electron chi connectivity index (χ4n) is 4.46. The molecule has 3 unspecified atom stereocenters. The number of hydrogen-bond donors (Lipinski definition) is 4. The second-order valence-electron chi connectivity index (χ2n) is 8.44. The first-order chi connectivity index (χ1) is 15.3. The summed E-state index contributed by atoms with van der Waals surface area (Å²) in [6.07, 6.45) is 12.3. The summed E-state index contributed by atoms with van der Waals surface area (Å²) in [6.45, 7) is 0. The lowest BCUT2D eigenvalue weighted by Gasteiger charge is -2.30. The lowest BCUT2D eigenvalue weighted by molar-refractivity contribution is -0.160. The van der Waals surface area contributed by atoms with Crippen LogP contribution in [-0.4, -0.2) is 38.5 Å². The van der Waals surface area contributed by atoms with E-state index in [0.717, 1.165) is 44.1 Å². The molecule has 1 aromatic rings. The van der Waals surface area contributed by atoms with Crippen molar-refractivity contribution in [1.29, 1.82) is 0 Å². The van der Waals surface area contributed by atoms with Gasteiger partial charge in [0, 0.05) is 18.4 Å². The van der Waals surface area contributed by atoms with E-state index in [1.165, 1.54) is 30.7 Å². The van der Waals surface area contributed by atoms with Crippen LogP contribution in [0, 0.1) is 11.8 Å². The summed E-state index contributed by atoms with van der Waals surface area (Å²) < 4.78 is 5.14. The van der Waals surface area contributed by atoms with Crippen LogP contribution < -0.4 is 0 Å². The SMILES string of the molecule is O=C(/C=C/C1=CC=C(O)C2CCCCCCCC12)OC(Cc1ccc(O)c(O)c1)C(=O)O. The van der Waals surface area contributed by atoms with Crippen LogP contribution in [0.25, 0.3) is 0 Å². The Balaban J connectivity index is 1.67. The predicted molar refractivity (Wildman–Crippen MR) is 118 cm³/mol. The molecule has 0 aliphatic heterocycles. The summed E-state index contributed by atoms with van der Waals surface area (Å²) in [4.78, 5) is 23.9. The molecule has 0 aromatic heterocycles. The average Bonchev–Trinajstić information content (AvgIpc) is 2.88. The van der Waals surface area contributed by atoms with Gasteiger partial charge in [0.25, 0.3) is 0 Å². The van der Waals surface area contributed by atoms with Crippen molar-refractivity contribution >= 4 is 11.9 Å². The van der Waals surface area contributed by atoms with Crippen LogP contribution in [0.3, 0.4) is 0 Å². The molecule has 0 heterocycles. The molecule has 4 N–H and O–H groups in total. The van der Waals surface area contributed by atoms with Gasteiger partial charge in [0.05, 0.1) is 5.76 Å². The number of allylic oxidation sites excluding steroid dienone is 5. The third-order valence-corrected chi connectivity index (χ3v) is 6.18. The molecule has 7 nitrogen and oxygen atoms in total. The molecule has 7 heteroatoms. The number of aliphatic hydroxyl groups excluding tert-OH is 1. The van der Waals surface area contributed by atoms with Crippen LogP contribution >= 0.6 is 0 Å². The molecule has 1 saturated carbocycles. The van der Waals surface area contributed by atoms with Crippen LogP contribution in [0.5, 0.6) is 11.5 Å². The Hall–Kier alpha value is -3.22. The van der Waals surface area contributed by atoms with Gasteiger partial charge in [0.15, 0.2) is 11.5 Å². The maximum absolute atomic E-state index is 12.4. The molecular formula is C25H30O7. The van der Waals surface area contributed by atoms with Crippen LogP contribution in [0.2, 0.25) is 0 Å². The van der Waals surface area contributed by atoms with E-state index in [9.17, 15) is 30.0 Å². The number of aliphatic carboxylic acids is 1. The standard InChI is InChI=1S/C25H30O7/c26-20-12-9-17(18-6-4-2-1-3-5-7-19(18)20)10-13-24(29)32-23(25(30)31)15-16-8-11-21(27)22(28)14-16/h8-14,18-19,23,26-28H,1-7,15H2,(H,30,31)/b13-10+. The number of hydrogen-bond acceptors (Lipinski definition) is 6. The van der Waals surface area contributed by atoms with Gasteiger partial charge in [-0.2, -0.15) is 0 Å². The van der Waals surface area contributed by atoms with E-state index >= 15 is 0 Å². The van der Waals surface area contributed by atoms with Gasteiger partial charge in [0.1, 0.15) is 0 Å². The molecule has 32 heavy (non-hydrogen) atoms. The maximum atomic E-state index is 12.4. The highest BCUT2D eigenvalue weighted by Gasteiger charge is 2.30. The Kier molecular flexibility index (Phi) is 7.98. The Morgan fingerprint density at radius 1 is 0.969 bits per heavy atom. The first-order valence-corrected chi connectivity index (χ1v) is 11.1. The zero-order valence-electron chi connectivity index (χ0n) is 17.9. The minimum absolute atomic E-state index is 0.0442. The van der Waals surface area contributed by atoms with E-state index < -0.39 is 18.0 Å².